The van der Waals surface area contributed by atoms with Gasteiger partial charge in [-0.05, 0) is 36.6 Å². The summed E-state index contributed by atoms with van der Waals surface area (Å²) in [5.74, 6) is -1.97. The molecule has 1 saturated carbocycles. The minimum atomic E-state index is -0.783. The number of nitrogens with one attached hydrogen (secondary N) is 2. The van der Waals surface area contributed by atoms with Crippen molar-refractivity contribution in [2.75, 3.05) is 13.7 Å². The molecule has 7 nitrogen and oxygen atoms in total. The molecule has 0 unspecified atom stereocenters. The van der Waals surface area contributed by atoms with E-state index in [1.165, 1.54) is 25.3 Å². The highest BCUT2D eigenvalue weighted by Gasteiger charge is 2.17. The molecule has 0 heterocycles. The number of carbonyl (C=O) groups excluding carboxylic acids is 3. The van der Waals surface area contributed by atoms with Gasteiger partial charge in [0, 0.05) is 12.1 Å². The van der Waals surface area contributed by atoms with Crippen molar-refractivity contribution in [2.45, 2.75) is 38.1 Å². The zero-order valence-corrected chi connectivity index (χ0v) is 15.1. The molecule has 0 aromatic heterocycles. The number of rotatable bonds is 6. The van der Waals surface area contributed by atoms with Crippen LogP contribution < -0.4 is 15.4 Å². The van der Waals surface area contributed by atoms with Crippen LogP contribution in [0.3, 0.4) is 0 Å². The molecular formula is C19H23FN2O5. The molecule has 1 aliphatic carbocycles. The molecule has 3 amide bonds. The summed E-state index contributed by atoms with van der Waals surface area (Å²) in [6, 6.07) is 3.67. The van der Waals surface area contributed by atoms with E-state index >= 15 is 0 Å². The lowest BCUT2D eigenvalue weighted by Gasteiger charge is -2.22. The van der Waals surface area contributed by atoms with Crippen LogP contribution in [0.15, 0.2) is 24.3 Å². The lowest BCUT2D eigenvalue weighted by atomic mass is 9.96. The molecule has 1 aromatic rings. The molecule has 8 heteroatoms. The lowest BCUT2D eigenvalue weighted by molar-refractivity contribution is -0.143. The van der Waals surface area contributed by atoms with Gasteiger partial charge in [-0.2, -0.15) is 0 Å². The van der Waals surface area contributed by atoms with Gasteiger partial charge in [0.05, 0.1) is 7.11 Å². The first kappa shape index (κ1) is 20.4. The van der Waals surface area contributed by atoms with Crippen molar-refractivity contribution in [2.24, 2.45) is 0 Å². The molecule has 2 rings (SSSR count). The predicted molar refractivity (Wildman–Crippen MR) is 96.5 cm³/mol. The molecular weight excluding hydrogens is 355 g/mol. The minimum Gasteiger partial charge on any atom is -0.494 e. The molecule has 1 fully saturated rings. The number of hydrogen-bond acceptors (Lipinski definition) is 5. The fourth-order valence-corrected chi connectivity index (χ4v) is 2.77. The van der Waals surface area contributed by atoms with Crippen molar-refractivity contribution in [3.63, 3.8) is 0 Å². The Morgan fingerprint density at radius 3 is 2.63 bits per heavy atom. The van der Waals surface area contributed by atoms with Gasteiger partial charge in [0.2, 0.25) is 0 Å². The number of hydrogen-bond donors (Lipinski definition) is 2. The first-order valence-corrected chi connectivity index (χ1v) is 8.76. The van der Waals surface area contributed by atoms with Crippen molar-refractivity contribution in [3.8, 4) is 5.75 Å². The van der Waals surface area contributed by atoms with Crippen LogP contribution in [0.5, 0.6) is 5.75 Å². The number of imide groups is 1. The van der Waals surface area contributed by atoms with Gasteiger partial charge in [-0.1, -0.05) is 25.3 Å². The Morgan fingerprint density at radius 2 is 1.96 bits per heavy atom. The predicted octanol–water partition coefficient (Wildman–Crippen LogP) is 2.55. The van der Waals surface area contributed by atoms with Gasteiger partial charge < -0.3 is 14.8 Å². The normalized spacial score (nSPS) is 14.6. The van der Waals surface area contributed by atoms with Gasteiger partial charge in [-0.3, -0.25) is 10.1 Å². The van der Waals surface area contributed by atoms with E-state index in [9.17, 15) is 18.8 Å². The Balaban J connectivity index is 1.71. The van der Waals surface area contributed by atoms with Crippen LogP contribution in [0.4, 0.5) is 9.18 Å². The SMILES string of the molecule is COc1ccc(/C=C/C(=O)OCC(=O)NC(=O)NC2CCCCC2)cc1F. The summed E-state index contributed by atoms with van der Waals surface area (Å²) in [6.45, 7) is -0.585. The van der Waals surface area contributed by atoms with Gasteiger partial charge in [0.25, 0.3) is 5.91 Å². The maximum Gasteiger partial charge on any atom is 0.331 e. The van der Waals surface area contributed by atoms with Gasteiger partial charge in [0.15, 0.2) is 18.2 Å². The Hall–Kier alpha value is -2.90. The number of urea groups is 1. The van der Waals surface area contributed by atoms with E-state index in [1.807, 2.05) is 0 Å². The monoisotopic (exact) mass is 378 g/mol. The first-order valence-electron chi connectivity index (χ1n) is 8.76. The Kier molecular flexibility index (Phi) is 7.79. The molecule has 0 bridgehead atoms. The number of amides is 3. The van der Waals surface area contributed by atoms with Crippen LogP contribution in [0.1, 0.15) is 37.7 Å². The summed E-state index contributed by atoms with van der Waals surface area (Å²) in [6.07, 6.45) is 7.48. The van der Waals surface area contributed by atoms with Crippen LogP contribution >= 0.6 is 0 Å². The zero-order chi connectivity index (χ0) is 19.6. The van der Waals surface area contributed by atoms with Crippen molar-refractivity contribution in [1.82, 2.24) is 10.6 Å². The quantitative estimate of drug-likeness (QED) is 0.586. The molecule has 1 aromatic carbocycles. The Labute approximate surface area is 156 Å². The summed E-state index contributed by atoms with van der Waals surface area (Å²) >= 11 is 0. The van der Waals surface area contributed by atoms with Gasteiger partial charge in [0.1, 0.15) is 0 Å². The van der Waals surface area contributed by atoms with E-state index in [0.29, 0.717) is 5.56 Å². The Bertz CT molecular complexity index is 714. The average Bonchev–Trinajstić information content (AvgIpc) is 2.65. The number of esters is 1. The van der Waals surface area contributed by atoms with E-state index in [-0.39, 0.29) is 11.8 Å². The summed E-state index contributed by atoms with van der Waals surface area (Å²) in [5.41, 5.74) is 0.432. The highest BCUT2D eigenvalue weighted by molar-refractivity contribution is 5.96. The second-order valence-electron chi connectivity index (χ2n) is 6.19. The van der Waals surface area contributed by atoms with Gasteiger partial charge in [-0.25, -0.2) is 14.0 Å². The van der Waals surface area contributed by atoms with Crippen LogP contribution in [0.25, 0.3) is 6.08 Å². The summed E-state index contributed by atoms with van der Waals surface area (Å²) in [7, 11) is 1.35. The molecule has 0 radical (unpaired) electrons. The van der Waals surface area contributed by atoms with Gasteiger partial charge >= 0.3 is 12.0 Å². The maximum absolute atomic E-state index is 13.6. The zero-order valence-electron chi connectivity index (χ0n) is 15.1. The molecule has 27 heavy (non-hydrogen) atoms. The number of halogens is 1. The number of carbonyl (C=O) groups is 3. The molecule has 0 spiro atoms. The Morgan fingerprint density at radius 1 is 1.22 bits per heavy atom. The van der Waals surface area contributed by atoms with E-state index in [4.69, 9.17) is 9.47 Å². The van der Waals surface area contributed by atoms with Crippen LogP contribution in [-0.4, -0.2) is 37.7 Å². The standard InChI is InChI=1S/C19H23FN2O5/c1-26-16-9-7-13(11-15(16)20)8-10-18(24)27-12-17(23)22-19(25)21-14-5-3-2-4-6-14/h7-11,14H,2-6,12H2,1H3,(H2,21,22,23,25)/b10-8+. The van der Waals surface area contributed by atoms with Crippen molar-refractivity contribution in [3.05, 3.63) is 35.7 Å². The third kappa shape index (κ3) is 7.08. The van der Waals surface area contributed by atoms with Gasteiger partial charge in [-0.15, -0.1) is 0 Å². The summed E-state index contributed by atoms with van der Waals surface area (Å²) in [4.78, 5) is 35.0. The highest BCUT2D eigenvalue weighted by atomic mass is 19.1. The third-order valence-electron chi connectivity index (χ3n) is 4.13. The average molecular weight is 378 g/mol. The second kappa shape index (κ2) is 10.3. The van der Waals surface area contributed by atoms with Crippen LogP contribution in [0, 0.1) is 5.82 Å². The molecule has 1 aliphatic rings. The van der Waals surface area contributed by atoms with Crippen molar-refractivity contribution < 1.29 is 28.2 Å². The summed E-state index contributed by atoms with van der Waals surface area (Å²) in [5, 5.41) is 4.85. The third-order valence-corrected chi connectivity index (χ3v) is 4.13. The van der Waals surface area contributed by atoms with Crippen LogP contribution in [0.2, 0.25) is 0 Å². The van der Waals surface area contributed by atoms with E-state index in [2.05, 4.69) is 10.6 Å². The second-order valence-corrected chi connectivity index (χ2v) is 6.19. The lowest BCUT2D eigenvalue weighted by Crippen LogP contribution is -2.46. The van der Waals surface area contributed by atoms with Crippen molar-refractivity contribution >= 4 is 24.0 Å². The molecule has 0 aliphatic heterocycles. The fraction of sp³-hybridized carbons (Fsp3) is 0.421. The van der Waals surface area contributed by atoms with E-state index in [1.54, 1.807) is 6.07 Å². The van der Waals surface area contributed by atoms with E-state index < -0.39 is 30.3 Å². The minimum absolute atomic E-state index is 0.0712. The number of methoxy groups -OCH3 is 1. The largest absolute Gasteiger partial charge is 0.494 e. The molecule has 146 valence electrons. The number of ether oxygens (including phenoxy) is 2. The number of benzene rings is 1. The topological polar surface area (TPSA) is 93.7 Å². The first-order chi connectivity index (χ1) is 13.0. The highest BCUT2D eigenvalue weighted by Crippen LogP contribution is 2.18. The van der Waals surface area contributed by atoms with Crippen molar-refractivity contribution in [1.29, 1.82) is 0 Å². The molecule has 0 atom stereocenters. The smallest absolute Gasteiger partial charge is 0.331 e. The fourth-order valence-electron chi connectivity index (χ4n) is 2.77. The summed E-state index contributed by atoms with van der Waals surface area (Å²) < 4.78 is 23.1. The maximum atomic E-state index is 13.6. The molecule has 2 N–H and O–H groups in total. The molecule has 0 saturated heterocycles. The van der Waals surface area contributed by atoms with Crippen LogP contribution in [-0.2, 0) is 14.3 Å². The van der Waals surface area contributed by atoms with E-state index in [0.717, 1.165) is 38.2 Å².